The molecule has 1 amide bonds. The average Bonchev–Trinajstić information content (AvgIpc) is 3.26. The second-order valence-electron chi connectivity index (χ2n) is 9.96. The highest BCUT2D eigenvalue weighted by molar-refractivity contribution is 6.30. The van der Waals surface area contributed by atoms with Gasteiger partial charge in [-0.3, -0.25) is 9.59 Å². The first-order chi connectivity index (χ1) is 17.6. The molecule has 0 radical (unpaired) electrons. The molecule has 3 N–H and O–H groups in total. The molecule has 3 fully saturated rings. The third-order valence-corrected chi connectivity index (χ3v) is 8.03. The van der Waals surface area contributed by atoms with Gasteiger partial charge < -0.3 is 20.1 Å². The molecule has 3 aliphatic rings. The first kappa shape index (κ1) is 25.5. The lowest BCUT2D eigenvalue weighted by atomic mass is 9.54. The number of aliphatic hydroxyl groups is 1. The summed E-state index contributed by atoms with van der Waals surface area (Å²) >= 11 is 5.65. The lowest BCUT2D eigenvalue weighted by Gasteiger charge is -2.55. The van der Waals surface area contributed by atoms with Crippen molar-refractivity contribution < 1.29 is 32.6 Å². The first-order valence-corrected chi connectivity index (χ1v) is 12.4. The van der Waals surface area contributed by atoms with Crippen LogP contribution in [0.25, 0.3) is 11.0 Å². The molecule has 2 aromatic carbocycles. The van der Waals surface area contributed by atoms with Crippen molar-refractivity contribution in [1.82, 2.24) is 15.3 Å². The number of nitrogens with one attached hydrogen (secondary N) is 2. The molecule has 0 spiro atoms. The van der Waals surface area contributed by atoms with Gasteiger partial charge >= 0.3 is 0 Å². The van der Waals surface area contributed by atoms with Gasteiger partial charge in [-0.15, -0.1) is 0 Å². The summed E-state index contributed by atoms with van der Waals surface area (Å²) in [5.41, 5.74) is -0.888. The van der Waals surface area contributed by atoms with E-state index in [2.05, 4.69) is 15.3 Å². The summed E-state index contributed by atoms with van der Waals surface area (Å²) in [7, 11) is 0. The highest BCUT2D eigenvalue weighted by atomic mass is 35.5. The predicted molar refractivity (Wildman–Crippen MR) is 129 cm³/mol. The zero-order chi connectivity index (χ0) is 26.4. The van der Waals surface area contributed by atoms with E-state index < -0.39 is 40.4 Å². The Balaban J connectivity index is 1.17. The number of fused-ring (bicyclic) bond motifs is 4. The van der Waals surface area contributed by atoms with Crippen LogP contribution < -0.4 is 10.1 Å². The number of ketones is 1. The van der Waals surface area contributed by atoms with E-state index in [1.54, 1.807) is 0 Å². The normalized spacial score (nSPS) is 24.8. The number of benzene rings is 2. The maximum absolute atomic E-state index is 13.6. The van der Waals surface area contributed by atoms with Crippen molar-refractivity contribution in [3.63, 3.8) is 0 Å². The minimum atomic E-state index is -0.986. The van der Waals surface area contributed by atoms with Crippen LogP contribution in [0.2, 0.25) is 5.02 Å². The SMILES string of the molecule is O=C(COc1ccc(Cl)c(F)c1)NC12CCC(C(=O)CCc3nc4cc(F)c(F)cc4[nH]3)(CC1)CC2O. The monoisotopic (exact) mass is 535 g/mol. The lowest BCUT2D eigenvalue weighted by molar-refractivity contribution is -0.149. The van der Waals surface area contributed by atoms with Crippen molar-refractivity contribution in [3.05, 3.63) is 58.6 Å². The number of aromatic amines is 1. The Morgan fingerprint density at radius 1 is 1.11 bits per heavy atom. The zero-order valence-corrected chi connectivity index (χ0v) is 20.5. The summed E-state index contributed by atoms with van der Waals surface area (Å²) in [6.45, 7) is -0.356. The molecule has 1 unspecified atom stereocenters. The Labute approximate surface area is 215 Å². The summed E-state index contributed by atoms with van der Waals surface area (Å²) in [6.07, 6.45) is 1.67. The van der Waals surface area contributed by atoms with Gasteiger partial charge in [0.1, 0.15) is 23.2 Å². The van der Waals surface area contributed by atoms with Crippen molar-refractivity contribution in [2.75, 3.05) is 6.61 Å². The van der Waals surface area contributed by atoms with Gasteiger partial charge in [-0.1, -0.05) is 11.6 Å². The molecule has 1 heterocycles. The standard InChI is InChI=1S/C26H25ClF3N3O4/c27-15-2-1-14(9-16(15)28)37-13-24(36)33-26-7-5-25(6-8-26,12-22(26)35)21(34)3-4-23-31-19-10-17(29)18(30)11-20(19)32-23/h1-2,9-11,22,35H,3-8,12-13H2,(H,31,32)(H,33,36). The van der Waals surface area contributed by atoms with Gasteiger partial charge in [-0.25, -0.2) is 18.2 Å². The maximum Gasteiger partial charge on any atom is 0.258 e. The minimum absolute atomic E-state index is 0.00269. The number of halogens is 4. The van der Waals surface area contributed by atoms with E-state index in [-0.39, 0.29) is 47.9 Å². The van der Waals surface area contributed by atoms with Crippen molar-refractivity contribution in [1.29, 1.82) is 0 Å². The fourth-order valence-corrected chi connectivity index (χ4v) is 5.70. The fraction of sp³-hybridized carbons (Fsp3) is 0.423. The molecule has 0 aliphatic heterocycles. The van der Waals surface area contributed by atoms with Gasteiger partial charge in [0.2, 0.25) is 0 Å². The zero-order valence-electron chi connectivity index (χ0n) is 19.8. The highest BCUT2D eigenvalue weighted by Gasteiger charge is 2.57. The summed E-state index contributed by atoms with van der Waals surface area (Å²) in [5, 5.41) is 13.8. The quantitative estimate of drug-likeness (QED) is 0.397. The van der Waals surface area contributed by atoms with E-state index in [4.69, 9.17) is 16.3 Å². The number of hydrogen-bond donors (Lipinski definition) is 3. The second-order valence-corrected chi connectivity index (χ2v) is 10.4. The Morgan fingerprint density at radius 2 is 1.84 bits per heavy atom. The molecular formula is C26H25ClF3N3O4. The first-order valence-electron chi connectivity index (χ1n) is 12.0. The van der Waals surface area contributed by atoms with E-state index in [1.165, 1.54) is 12.1 Å². The molecule has 3 aromatic rings. The number of amides is 1. The van der Waals surface area contributed by atoms with Crippen LogP contribution in [0, 0.1) is 22.9 Å². The number of carbonyl (C=O) groups is 2. The largest absolute Gasteiger partial charge is 0.484 e. The molecule has 1 atom stereocenters. The van der Waals surface area contributed by atoms with Crippen LogP contribution in [0.15, 0.2) is 30.3 Å². The molecule has 7 nitrogen and oxygen atoms in total. The Hall–Kier alpha value is -3.11. The van der Waals surface area contributed by atoms with Crippen LogP contribution in [0.4, 0.5) is 13.2 Å². The highest BCUT2D eigenvalue weighted by Crippen LogP contribution is 2.53. The number of rotatable bonds is 8. The number of aryl methyl sites for hydroxylation is 1. The third kappa shape index (κ3) is 4.92. The predicted octanol–water partition coefficient (Wildman–Crippen LogP) is 4.39. The maximum atomic E-state index is 13.6. The van der Waals surface area contributed by atoms with Gasteiger partial charge in [0.05, 0.1) is 27.7 Å². The number of aliphatic hydroxyl groups excluding tert-OH is 1. The summed E-state index contributed by atoms with van der Waals surface area (Å²) in [6, 6.07) is 5.92. The smallest absolute Gasteiger partial charge is 0.258 e. The van der Waals surface area contributed by atoms with Crippen molar-refractivity contribution in [3.8, 4) is 5.75 Å². The van der Waals surface area contributed by atoms with Crippen molar-refractivity contribution in [2.45, 2.75) is 56.6 Å². The number of nitrogens with zero attached hydrogens (tertiary/aromatic N) is 1. The average molecular weight is 536 g/mol. The van der Waals surface area contributed by atoms with Crippen LogP contribution in [-0.2, 0) is 16.0 Å². The van der Waals surface area contributed by atoms with E-state index >= 15 is 0 Å². The number of ether oxygens (including phenoxy) is 1. The number of Topliss-reactive ketones (excluding diaryl/α,β-unsaturated/α-hetero) is 1. The van der Waals surface area contributed by atoms with E-state index in [0.717, 1.165) is 18.2 Å². The fourth-order valence-electron chi connectivity index (χ4n) is 5.58. The van der Waals surface area contributed by atoms with E-state index in [9.17, 15) is 27.9 Å². The van der Waals surface area contributed by atoms with Crippen LogP contribution >= 0.6 is 11.6 Å². The van der Waals surface area contributed by atoms with E-state index in [0.29, 0.717) is 37.0 Å². The van der Waals surface area contributed by atoms with Crippen LogP contribution in [0.1, 0.15) is 44.3 Å². The molecule has 0 saturated heterocycles. The van der Waals surface area contributed by atoms with Gasteiger partial charge in [0.25, 0.3) is 5.91 Å². The van der Waals surface area contributed by atoms with Crippen LogP contribution in [0.3, 0.4) is 0 Å². The topological polar surface area (TPSA) is 104 Å². The molecule has 1 aromatic heterocycles. The van der Waals surface area contributed by atoms with Gasteiger partial charge in [0, 0.05) is 36.5 Å². The summed E-state index contributed by atoms with van der Waals surface area (Å²) < 4.78 is 45.8. The molecule has 2 bridgehead atoms. The van der Waals surface area contributed by atoms with Crippen LogP contribution in [-0.4, -0.2) is 45.0 Å². The Morgan fingerprint density at radius 3 is 2.54 bits per heavy atom. The number of H-pyrrole nitrogens is 1. The number of carbonyl (C=O) groups excluding carboxylic acids is 2. The summed E-state index contributed by atoms with van der Waals surface area (Å²) in [4.78, 5) is 33.0. The number of imidazole rings is 1. The number of hydrogen-bond acceptors (Lipinski definition) is 5. The molecule has 11 heteroatoms. The molecular weight excluding hydrogens is 511 g/mol. The molecule has 37 heavy (non-hydrogen) atoms. The Bertz CT molecular complexity index is 1330. The molecule has 6 rings (SSSR count). The van der Waals surface area contributed by atoms with Crippen molar-refractivity contribution in [2.24, 2.45) is 5.41 Å². The lowest BCUT2D eigenvalue weighted by Crippen LogP contribution is -2.66. The second kappa shape index (κ2) is 9.64. The van der Waals surface area contributed by atoms with E-state index in [1.807, 2.05) is 0 Å². The third-order valence-electron chi connectivity index (χ3n) is 7.72. The Kier molecular flexibility index (Phi) is 6.66. The van der Waals surface area contributed by atoms with Gasteiger partial charge in [-0.2, -0.15) is 0 Å². The van der Waals surface area contributed by atoms with Gasteiger partial charge in [0.15, 0.2) is 18.2 Å². The molecule has 3 saturated carbocycles. The number of aromatic nitrogens is 2. The minimum Gasteiger partial charge on any atom is -0.484 e. The van der Waals surface area contributed by atoms with Crippen molar-refractivity contribution >= 4 is 34.3 Å². The van der Waals surface area contributed by atoms with Crippen LogP contribution in [0.5, 0.6) is 5.75 Å². The summed E-state index contributed by atoms with van der Waals surface area (Å²) in [5.74, 6) is -2.45. The van der Waals surface area contributed by atoms with Gasteiger partial charge in [-0.05, 0) is 44.2 Å². The molecule has 196 valence electrons. The molecule has 3 aliphatic carbocycles.